The lowest BCUT2D eigenvalue weighted by Gasteiger charge is -2.06. The van der Waals surface area contributed by atoms with Crippen LogP contribution >= 0.6 is 0 Å². The van der Waals surface area contributed by atoms with E-state index < -0.39 is 5.97 Å². The van der Waals surface area contributed by atoms with Crippen LogP contribution in [0, 0.1) is 6.92 Å². The van der Waals surface area contributed by atoms with Crippen molar-refractivity contribution < 1.29 is 14.7 Å². The molecule has 4 heteroatoms. The van der Waals surface area contributed by atoms with Gasteiger partial charge in [-0.2, -0.15) is 0 Å². The van der Waals surface area contributed by atoms with Crippen LogP contribution in [0.15, 0.2) is 24.3 Å². The van der Waals surface area contributed by atoms with Gasteiger partial charge in [0.1, 0.15) is 0 Å². The Labute approximate surface area is 100.0 Å². The second-order valence-corrected chi connectivity index (χ2v) is 3.61. The first-order chi connectivity index (χ1) is 8.04. The molecule has 0 aliphatic carbocycles. The van der Waals surface area contributed by atoms with E-state index in [0.29, 0.717) is 17.7 Å². The summed E-state index contributed by atoms with van der Waals surface area (Å²) in [4.78, 5) is 22.1. The van der Waals surface area contributed by atoms with Gasteiger partial charge in [0.05, 0.1) is 0 Å². The number of rotatable bonds is 4. The Morgan fingerprint density at radius 2 is 2.12 bits per heavy atom. The molecular weight excluding hydrogens is 218 g/mol. The summed E-state index contributed by atoms with van der Waals surface area (Å²) >= 11 is 0. The van der Waals surface area contributed by atoms with Crippen LogP contribution in [-0.4, -0.2) is 23.5 Å². The molecule has 0 saturated heterocycles. The largest absolute Gasteiger partial charge is 0.478 e. The van der Waals surface area contributed by atoms with Gasteiger partial charge >= 0.3 is 5.97 Å². The highest BCUT2D eigenvalue weighted by molar-refractivity contribution is 5.96. The van der Waals surface area contributed by atoms with Crippen LogP contribution in [0.1, 0.15) is 28.4 Å². The average Bonchev–Trinajstić information content (AvgIpc) is 2.28. The molecule has 1 aromatic carbocycles. The lowest BCUT2D eigenvalue weighted by atomic mass is 10.0. The third kappa shape index (κ3) is 3.75. The molecule has 0 aromatic heterocycles. The predicted octanol–water partition coefficient (Wildman–Crippen LogP) is 1.84. The number of hydrogen-bond acceptors (Lipinski definition) is 2. The molecular formula is C13H15NO3. The Balaban J connectivity index is 3.02. The SMILES string of the molecule is CCNC(=O)c1cc(C=CC(=O)O)ccc1C. The fraction of sp³-hybridized carbons (Fsp3) is 0.231. The number of nitrogens with one attached hydrogen (secondary N) is 1. The smallest absolute Gasteiger partial charge is 0.328 e. The lowest BCUT2D eigenvalue weighted by molar-refractivity contribution is -0.131. The molecule has 17 heavy (non-hydrogen) atoms. The molecule has 1 rings (SSSR count). The first-order valence-electron chi connectivity index (χ1n) is 5.34. The molecule has 0 fully saturated rings. The summed E-state index contributed by atoms with van der Waals surface area (Å²) in [6, 6.07) is 5.25. The fourth-order valence-electron chi connectivity index (χ4n) is 1.41. The van der Waals surface area contributed by atoms with Gasteiger partial charge in [0.2, 0.25) is 0 Å². The van der Waals surface area contributed by atoms with Crippen LogP contribution in [-0.2, 0) is 4.79 Å². The first-order valence-corrected chi connectivity index (χ1v) is 5.34. The van der Waals surface area contributed by atoms with Crippen molar-refractivity contribution in [3.05, 3.63) is 41.0 Å². The minimum Gasteiger partial charge on any atom is -0.478 e. The molecule has 0 saturated carbocycles. The minimum absolute atomic E-state index is 0.143. The first kappa shape index (κ1) is 13.0. The maximum Gasteiger partial charge on any atom is 0.328 e. The monoisotopic (exact) mass is 233 g/mol. The molecule has 2 N–H and O–H groups in total. The zero-order valence-corrected chi connectivity index (χ0v) is 9.86. The molecule has 90 valence electrons. The Morgan fingerprint density at radius 3 is 2.71 bits per heavy atom. The molecule has 0 aliphatic rings. The quantitative estimate of drug-likeness (QED) is 0.780. The van der Waals surface area contributed by atoms with Crippen LogP contribution in [0.2, 0.25) is 0 Å². The van der Waals surface area contributed by atoms with Crippen molar-refractivity contribution in [2.45, 2.75) is 13.8 Å². The lowest BCUT2D eigenvalue weighted by Crippen LogP contribution is -2.23. The van der Waals surface area contributed by atoms with Gasteiger partial charge in [-0.05, 0) is 37.1 Å². The van der Waals surface area contributed by atoms with Crippen molar-refractivity contribution in [3.63, 3.8) is 0 Å². The Hall–Kier alpha value is -2.10. The molecule has 0 radical (unpaired) electrons. The van der Waals surface area contributed by atoms with Crippen LogP contribution in [0.3, 0.4) is 0 Å². The third-order valence-corrected chi connectivity index (χ3v) is 2.26. The maximum absolute atomic E-state index is 11.7. The van der Waals surface area contributed by atoms with Gasteiger partial charge < -0.3 is 10.4 Å². The molecule has 4 nitrogen and oxygen atoms in total. The molecule has 0 bridgehead atoms. The van der Waals surface area contributed by atoms with E-state index in [1.165, 1.54) is 6.08 Å². The van der Waals surface area contributed by atoms with E-state index in [9.17, 15) is 9.59 Å². The van der Waals surface area contributed by atoms with E-state index in [-0.39, 0.29) is 5.91 Å². The fourth-order valence-corrected chi connectivity index (χ4v) is 1.41. The number of hydrogen-bond donors (Lipinski definition) is 2. The second-order valence-electron chi connectivity index (χ2n) is 3.61. The second kappa shape index (κ2) is 5.84. The Kier molecular flexibility index (Phi) is 4.46. The van der Waals surface area contributed by atoms with Crippen LogP contribution < -0.4 is 5.32 Å². The predicted molar refractivity (Wildman–Crippen MR) is 65.9 cm³/mol. The summed E-state index contributed by atoms with van der Waals surface area (Å²) in [6.45, 7) is 4.25. The molecule has 0 atom stereocenters. The van der Waals surface area contributed by atoms with Gasteiger partial charge in [0, 0.05) is 18.2 Å². The van der Waals surface area contributed by atoms with Crippen LogP contribution in [0.4, 0.5) is 0 Å². The zero-order valence-electron chi connectivity index (χ0n) is 9.86. The van der Waals surface area contributed by atoms with Crippen molar-refractivity contribution in [1.82, 2.24) is 5.32 Å². The van der Waals surface area contributed by atoms with Crippen molar-refractivity contribution in [2.24, 2.45) is 0 Å². The van der Waals surface area contributed by atoms with E-state index in [4.69, 9.17) is 5.11 Å². The van der Waals surface area contributed by atoms with Gasteiger partial charge in [-0.25, -0.2) is 4.79 Å². The highest BCUT2D eigenvalue weighted by Gasteiger charge is 2.07. The van der Waals surface area contributed by atoms with Crippen molar-refractivity contribution in [3.8, 4) is 0 Å². The molecule has 0 unspecified atom stereocenters. The van der Waals surface area contributed by atoms with Crippen LogP contribution in [0.5, 0.6) is 0 Å². The molecule has 0 aliphatic heterocycles. The Morgan fingerprint density at radius 1 is 1.41 bits per heavy atom. The topological polar surface area (TPSA) is 66.4 Å². The number of aliphatic carboxylic acids is 1. The average molecular weight is 233 g/mol. The van der Waals surface area contributed by atoms with E-state index >= 15 is 0 Å². The number of carboxylic acid groups (broad SMARTS) is 1. The van der Waals surface area contributed by atoms with E-state index in [0.717, 1.165) is 11.6 Å². The summed E-state index contributed by atoms with van der Waals surface area (Å²) in [6.07, 6.45) is 2.51. The van der Waals surface area contributed by atoms with Gasteiger partial charge in [-0.15, -0.1) is 0 Å². The highest BCUT2D eigenvalue weighted by atomic mass is 16.4. The zero-order chi connectivity index (χ0) is 12.8. The van der Waals surface area contributed by atoms with Crippen molar-refractivity contribution >= 4 is 18.0 Å². The van der Waals surface area contributed by atoms with Crippen molar-refractivity contribution in [2.75, 3.05) is 6.54 Å². The standard InChI is InChI=1S/C13H15NO3/c1-3-14-13(17)11-8-10(5-4-9(11)2)6-7-12(15)16/h4-8H,3H2,1-2H3,(H,14,17)(H,15,16). The number of benzene rings is 1. The van der Waals surface area contributed by atoms with Gasteiger partial charge in [-0.3, -0.25) is 4.79 Å². The molecule has 0 heterocycles. The Bertz CT molecular complexity index is 464. The van der Waals surface area contributed by atoms with E-state index in [2.05, 4.69) is 5.32 Å². The summed E-state index contributed by atoms with van der Waals surface area (Å²) in [7, 11) is 0. The highest BCUT2D eigenvalue weighted by Crippen LogP contribution is 2.12. The summed E-state index contributed by atoms with van der Waals surface area (Å²) in [5, 5.41) is 11.2. The van der Waals surface area contributed by atoms with Crippen molar-refractivity contribution in [1.29, 1.82) is 0 Å². The molecule has 1 aromatic rings. The summed E-state index contributed by atoms with van der Waals surface area (Å²) in [5.41, 5.74) is 2.13. The van der Waals surface area contributed by atoms with E-state index in [1.54, 1.807) is 18.2 Å². The summed E-state index contributed by atoms with van der Waals surface area (Å²) < 4.78 is 0. The van der Waals surface area contributed by atoms with Gasteiger partial charge in [0.25, 0.3) is 5.91 Å². The third-order valence-electron chi connectivity index (χ3n) is 2.26. The minimum atomic E-state index is -1.01. The normalized spacial score (nSPS) is 10.5. The maximum atomic E-state index is 11.7. The molecule has 1 amide bonds. The number of aryl methyl sites for hydroxylation is 1. The number of carbonyl (C=O) groups excluding carboxylic acids is 1. The summed E-state index contributed by atoms with van der Waals surface area (Å²) in [5.74, 6) is -1.15. The van der Waals surface area contributed by atoms with Gasteiger partial charge in [0.15, 0.2) is 0 Å². The van der Waals surface area contributed by atoms with Gasteiger partial charge in [-0.1, -0.05) is 12.1 Å². The number of carboxylic acids is 1. The number of amides is 1. The van der Waals surface area contributed by atoms with E-state index in [1.807, 2.05) is 13.8 Å². The molecule has 0 spiro atoms. The number of carbonyl (C=O) groups is 2. The van der Waals surface area contributed by atoms with Crippen LogP contribution in [0.25, 0.3) is 6.08 Å².